The lowest BCUT2D eigenvalue weighted by molar-refractivity contribution is -0.148. The van der Waals surface area contributed by atoms with E-state index >= 15 is 0 Å². The number of ether oxygens (including phenoxy) is 2. The standard InChI is InChI=1S/C32H29F4NO6S/c33-22-12-20(13-24(16-22)42-23-5-6-23)19-4-7-27-26(14-19)37(44(40,41)25-3-1-2-21(15-25)32(34,35)36)17-28(43-27)30-8-10-31(18-30,11-9-30)29(38)39/h1-4,7,12-16,23,28H,5-6,8-11,17-18H2,(H,38,39)/t28-,30?,31?/m1/s1. The first-order chi connectivity index (χ1) is 20.8. The van der Waals surface area contributed by atoms with Gasteiger partial charge < -0.3 is 14.6 Å². The highest BCUT2D eigenvalue weighted by Gasteiger charge is 2.62. The van der Waals surface area contributed by atoms with Gasteiger partial charge in [-0.2, -0.15) is 13.2 Å². The number of aliphatic carboxylic acids is 1. The van der Waals surface area contributed by atoms with Crippen molar-refractivity contribution in [2.45, 2.75) is 68.2 Å². The van der Waals surface area contributed by atoms with E-state index in [1.807, 2.05) is 0 Å². The minimum absolute atomic E-state index is 0.0250. The molecule has 0 unspecified atom stereocenters. The van der Waals surface area contributed by atoms with Crippen molar-refractivity contribution in [1.82, 2.24) is 0 Å². The molecular weight excluding hydrogens is 602 g/mol. The first-order valence-electron chi connectivity index (χ1n) is 14.5. The van der Waals surface area contributed by atoms with Gasteiger partial charge in [-0.25, -0.2) is 12.8 Å². The molecule has 4 aliphatic rings. The van der Waals surface area contributed by atoms with Crippen LogP contribution in [-0.4, -0.2) is 38.2 Å². The van der Waals surface area contributed by atoms with Gasteiger partial charge in [-0.3, -0.25) is 9.10 Å². The number of benzene rings is 3. The van der Waals surface area contributed by atoms with Gasteiger partial charge in [0.2, 0.25) is 0 Å². The Morgan fingerprint density at radius 2 is 1.73 bits per heavy atom. The second-order valence-corrected chi connectivity index (χ2v) is 14.3. The van der Waals surface area contributed by atoms with Gasteiger partial charge in [0, 0.05) is 11.5 Å². The molecule has 1 aliphatic heterocycles. The van der Waals surface area contributed by atoms with Crippen LogP contribution in [0.4, 0.5) is 23.2 Å². The average Bonchev–Trinajstić information content (AvgIpc) is 3.59. The van der Waals surface area contributed by atoms with E-state index in [-0.39, 0.29) is 24.1 Å². The monoisotopic (exact) mass is 631 g/mol. The number of fused-ring (bicyclic) bond motifs is 3. The van der Waals surface area contributed by atoms with E-state index in [0.29, 0.717) is 55.0 Å². The summed E-state index contributed by atoms with van der Waals surface area (Å²) in [6, 6.07) is 12.6. The van der Waals surface area contributed by atoms with E-state index in [0.717, 1.165) is 35.3 Å². The summed E-state index contributed by atoms with van der Waals surface area (Å²) in [5.41, 5.74) is -1.61. The Balaban J connectivity index is 1.32. The van der Waals surface area contributed by atoms with Gasteiger partial charge in [-0.15, -0.1) is 0 Å². The lowest BCUT2D eigenvalue weighted by Crippen LogP contribution is -2.50. The first kappa shape index (κ1) is 28.9. The minimum Gasteiger partial charge on any atom is -0.490 e. The summed E-state index contributed by atoms with van der Waals surface area (Å²) in [5.74, 6) is -0.885. The fourth-order valence-electron chi connectivity index (χ4n) is 7.09. The highest BCUT2D eigenvalue weighted by Crippen LogP contribution is 2.64. The van der Waals surface area contributed by atoms with E-state index in [2.05, 4.69) is 0 Å². The summed E-state index contributed by atoms with van der Waals surface area (Å²) in [7, 11) is -4.56. The third-order valence-electron chi connectivity index (χ3n) is 9.64. The van der Waals surface area contributed by atoms with Crippen molar-refractivity contribution < 1.29 is 45.4 Å². The predicted molar refractivity (Wildman–Crippen MR) is 151 cm³/mol. The van der Waals surface area contributed by atoms with Gasteiger partial charge in [0.1, 0.15) is 23.4 Å². The Hall–Kier alpha value is -3.80. The van der Waals surface area contributed by atoms with Crippen LogP contribution in [0.15, 0.2) is 65.6 Å². The lowest BCUT2D eigenvalue weighted by atomic mass is 9.78. The van der Waals surface area contributed by atoms with Gasteiger partial charge in [-0.05, 0) is 98.5 Å². The van der Waals surface area contributed by atoms with Gasteiger partial charge in [0.25, 0.3) is 10.0 Å². The van der Waals surface area contributed by atoms with E-state index in [4.69, 9.17) is 9.47 Å². The van der Waals surface area contributed by atoms with Crippen LogP contribution in [0.2, 0.25) is 0 Å². The number of hydrogen-bond donors (Lipinski definition) is 1. The molecule has 0 aromatic heterocycles. The summed E-state index contributed by atoms with van der Waals surface area (Å²) in [6.45, 7) is -0.218. The predicted octanol–water partition coefficient (Wildman–Crippen LogP) is 7.04. The zero-order chi connectivity index (χ0) is 31.1. The van der Waals surface area contributed by atoms with Crippen LogP contribution in [0.25, 0.3) is 11.1 Å². The number of alkyl halides is 3. The van der Waals surface area contributed by atoms with Gasteiger partial charge in [-0.1, -0.05) is 12.1 Å². The van der Waals surface area contributed by atoms with Gasteiger partial charge >= 0.3 is 12.1 Å². The Bertz CT molecular complexity index is 1760. The molecule has 3 fully saturated rings. The number of carbonyl (C=O) groups is 1. The Morgan fingerprint density at radius 3 is 2.39 bits per heavy atom. The van der Waals surface area contributed by atoms with Crippen LogP contribution in [0.3, 0.4) is 0 Å². The van der Waals surface area contributed by atoms with Crippen molar-refractivity contribution in [3.05, 3.63) is 72.0 Å². The molecule has 7 rings (SSSR count). The molecular formula is C32H29F4NO6S. The van der Waals surface area contributed by atoms with Crippen LogP contribution in [0.1, 0.15) is 50.5 Å². The number of rotatable bonds is 7. The summed E-state index contributed by atoms with van der Waals surface area (Å²) < 4.78 is 96.9. The summed E-state index contributed by atoms with van der Waals surface area (Å²) in [4.78, 5) is 11.6. The van der Waals surface area contributed by atoms with E-state index in [1.165, 1.54) is 18.2 Å². The second kappa shape index (κ2) is 9.85. The molecule has 44 heavy (non-hydrogen) atoms. The first-order valence-corrected chi connectivity index (χ1v) is 15.9. The maximum absolute atomic E-state index is 14.6. The third-order valence-corrected chi connectivity index (χ3v) is 11.4. The molecule has 1 heterocycles. The maximum Gasteiger partial charge on any atom is 0.416 e. The quantitative estimate of drug-likeness (QED) is 0.281. The molecule has 3 aromatic rings. The fourth-order valence-corrected chi connectivity index (χ4v) is 8.61. The zero-order valence-electron chi connectivity index (χ0n) is 23.4. The molecule has 3 aliphatic carbocycles. The highest BCUT2D eigenvalue weighted by atomic mass is 32.2. The number of sulfonamides is 1. The average molecular weight is 632 g/mol. The van der Waals surface area contributed by atoms with Crippen LogP contribution >= 0.6 is 0 Å². The Kier molecular flexibility index (Phi) is 6.48. The molecule has 2 bridgehead atoms. The molecule has 3 aromatic carbocycles. The SMILES string of the molecule is O=C(O)C12CCC([C@H]3CN(S(=O)(=O)c4cccc(C(F)(F)F)c4)c4cc(-c5cc(F)cc(OC6CC6)c5)ccc4O3)(CC1)C2. The highest BCUT2D eigenvalue weighted by molar-refractivity contribution is 7.92. The molecule has 0 saturated heterocycles. The van der Waals surface area contributed by atoms with Crippen molar-refractivity contribution in [1.29, 1.82) is 0 Å². The molecule has 0 spiro atoms. The summed E-state index contributed by atoms with van der Waals surface area (Å²) >= 11 is 0. The van der Waals surface area contributed by atoms with Crippen LogP contribution < -0.4 is 13.8 Å². The molecule has 1 atom stereocenters. The normalized spacial score (nSPS) is 26.3. The molecule has 0 amide bonds. The Morgan fingerprint density at radius 1 is 0.977 bits per heavy atom. The lowest BCUT2D eigenvalue weighted by Gasteiger charge is -2.43. The van der Waals surface area contributed by atoms with E-state index in [1.54, 1.807) is 18.2 Å². The number of halogens is 4. The van der Waals surface area contributed by atoms with Crippen LogP contribution in [0, 0.1) is 16.6 Å². The van der Waals surface area contributed by atoms with Gasteiger partial charge in [0.05, 0.1) is 34.2 Å². The second-order valence-electron chi connectivity index (χ2n) is 12.5. The van der Waals surface area contributed by atoms with Crippen molar-refractivity contribution >= 4 is 21.7 Å². The number of carboxylic acids is 1. The molecule has 3 saturated carbocycles. The topological polar surface area (TPSA) is 93.1 Å². The molecule has 1 N–H and O–H groups in total. The fraction of sp³-hybridized carbons (Fsp3) is 0.406. The van der Waals surface area contributed by atoms with E-state index < -0.39 is 55.4 Å². The van der Waals surface area contributed by atoms with Crippen LogP contribution in [-0.2, 0) is 21.0 Å². The zero-order valence-corrected chi connectivity index (χ0v) is 24.3. The summed E-state index contributed by atoms with van der Waals surface area (Å²) in [6.07, 6.45) is -1.43. The molecule has 232 valence electrons. The molecule has 12 heteroatoms. The van der Waals surface area contributed by atoms with E-state index in [9.17, 15) is 35.9 Å². The Labute approximate surface area is 251 Å². The van der Waals surface area contributed by atoms with Crippen molar-refractivity contribution in [2.75, 3.05) is 10.8 Å². The van der Waals surface area contributed by atoms with Crippen molar-refractivity contribution in [3.63, 3.8) is 0 Å². The largest absolute Gasteiger partial charge is 0.490 e. The third kappa shape index (κ3) is 4.87. The van der Waals surface area contributed by atoms with Crippen molar-refractivity contribution in [2.24, 2.45) is 10.8 Å². The minimum atomic E-state index is -4.76. The maximum atomic E-state index is 14.6. The van der Waals surface area contributed by atoms with Crippen molar-refractivity contribution in [3.8, 4) is 22.6 Å². The number of nitrogens with zero attached hydrogens (tertiary/aromatic N) is 1. The smallest absolute Gasteiger partial charge is 0.416 e. The number of hydrogen-bond acceptors (Lipinski definition) is 5. The molecule has 7 nitrogen and oxygen atoms in total. The van der Waals surface area contributed by atoms with Gasteiger partial charge in [0.15, 0.2) is 0 Å². The molecule has 0 radical (unpaired) electrons. The number of carboxylic acid groups (broad SMARTS) is 1. The summed E-state index contributed by atoms with van der Waals surface area (Å²) in [5, 5.41) is 9.94. The number of anilines is 1. The van der Waals surface area contributed by atoms with Crippen LogP contribution in [0.5, 0.6) is 11.5 Å².